The first kappa shape index (κ1) is 19.8. The van der Waals surface area contributed by atoms with E-state index in [2.05, 4.69) is 4.98 Å². The number of hydrogen-bond donors (Lipinski definition) is 1. The van der Waals surface area contributed by atoms with E-state index < -0.39 is 5.97 Å². The molecule has 2 aromatic rings. The Labute approximate surface area is 163 Å². The summed E-state index contributed by atoms with van der Waals surface area (Å²) < 4.78 is 11.1. The maximum absolute atomic E-state index is 12.8. The Morgan fingerprint density at radius 2 is 2.07 bits per heavy atom. The second-order valence-electron chi connectivity index (χ2n) is 6.87. The normalized spacial score (nSPS) is 18.8. The van der Waals surface area contributed by atoms with Crippen molar-refractivity contribution in [3.05, 3.63) is 59.9 Å². The molecule has 1 saturated heterocycles. The minimum absolute atomic E-state index is 0.0696. The highest BCUT2D eigenvalue weighted by molar-refractivity contribution is 5.80. The van der Waals surface area contributed by atoms with Crippen LogP contribution in [0.15, 0.2) is 48.8 Å². The summed E-state index contributed by atoms with van der Waals surface area (Å²) in [5.74, 6) is -0.340. The molecule has 0 bridgehead atoms. The third kappa shape index (κ3) is 5.29. The molecule has 1 amide bonds. The summed E-state index contributed by atoms with van der Waals surface area (Å²) in [6, 6.07) is 10.8. The van der Waals surface area contributed by atoms with Crippen LogP contribution in [0, 0.1) is 0 Å². The molecule has 0 spiro atoms. The quantitative estimate of drug-likeness (QED) is 0.751. The predicted molar refractivity (Wildman–Crippen MR) is 102 cm³/mol. The van der Waals surface area contributed by atoms with Crippen LogP contribution < -0.4 is 4.74 Å². The Morgan fingerprint density at radius 1 is 1.25 bits per heavy atom. The number of aliphatic carboxylic acids is 1. The van der Waals surface area contributed by atoms with E-state index in [1.165, 1.54) is 0 Å². The van der Waals surface area contributed by atoms with Crippen molar-refractivity contribution in [3.8, 4) is 5.75 Å². The van der Waals surface area contributed by atoms with Gasteiger partial charge in [0.25, 0.3) is 0 Å². The van der Waals surface area contributed by atoms with Gasteiger partial charge in [-0.1, -0.05) is 18.2 Å². The van der Waals surface area contributed by atoms with Gasteiger partial charge >= 0.3 is 5.97 Å². The van der Waals surface area contributed by atoms with E-state index in [1.807, 2.05) is 36.4 Å². The average Bonchev–Trinajstić information content (AvgIpc) is 3.10. The fourth-order valence-corrected chi connectivity index (χ4v) is 3.42. The van der Waals surface area contributed by atoms with E-state index >= 15 is 0 Å². The standard InChI is InChI=1S/C21H24N2O5/c1-27-19-10-17(11-21(25)26)23(13-19)20(24)9-15-4-2-6-18(8-15)28-14-16-5-3-7-22-12-16/h2-8,12,17,19H,9-11,13-14H2,1H3,(H,25,26). The van der Waals surface area contributed by atoms with Gasteiger partial charge in [-0.05, 0) is 30.2 Å². The zero-order valence-corrected chi connectivity index (χ0v) is 15.8. The molecule has 0 radical (unpaired) electrons. The Kier molecular flexibility index (Phi) is 6.60. The number of pyridine rings is 1. The third-order valence-electron chi connectivity index (χ3n) is 4.82. The molecule has 2 unspecified atom stereocenters. The van der Waals surface area contributed by atoms with Gasteiger partial charge in [0.15, 0.2) is 0 Å². The number of benzene rings is 1. The fourth-order valence-electron chi connectivity index (χ4n) is 3.42. The van der Waals surface area contributed by atoms with E-state index in [4.69, 9.17) is 14.6 Å². The lowest BCUT2D eigenvalue weighted by Crippen LogP contribution is -2.38. The Hall–Kier alpha value is -2.93. The van der Waals surface area contributed by atoms with Crippen LogP contribution in [0.1, 0.15) is 24.0 Å². The first-order valence-electron chi connectivity index (χ1n) is 9.20. The van der Waals surface area contributed by atoms with Crippen molar-refractivity contribution in [2.24, 2.45) is 0 Å². The van der Waals surface area contributed by atoms with Gasteiger partial charge in [-0.3, -0.25) is 14.6 Å². The lowest BCUT2D eigenvalue weighted by molar-refractivity contribution is -0.139. The molecule has 1 N–H and O–H groups in total. The maximum Gasteiger partial charge on any atom is 0.305 e. The van der Waals surface area contributed by atoms with Crippen molar-refractivity contribution in [2.45, 2.75) is 38.0 Å². The molecule has 148 valence electrons. The largest absolute Gasteiger partial charge is 0.489 e. The number of methoxy groups -OCH3 is 1. The number of hydrogen-bond acceptors (Lipinski definition) is 5. The zero-order valence-electron chi connectivity index (χ0n) is 15.8. The molecule has 1 aromatic heterocycles. The van der Waals surface area contributed by atoms with E-state index in [1.54, 1.807) is 24.4 Å². The van der Waals surface area contributed by atoms with Crippen molar-refractivity contribution in [3.63, 3.8) is 0 Å². The molecular formula is C21H24N2O5. The summed E-state index contributed by atoms with van der Waals surface area (Å²) >= 11 is 0. The van der Waals surface area contributed by atoms with Crippen LogP contribution in [0.5, 0.6) is 5.75 Å². The summed E-state index contributed by atoms with van der Waals surface area (Å²) in [5, 5.41) is 9.11. The third-order valence-corrected chi connectivity index (χ3v) is 4.82. The number of carbonyl (C=O) groups excluding carboxylic acids is 1. The van der Waals surface area contributed by atoms with Crippen LogP contribution in [-0.2, 0) is 27.4 Å². The summed E-state index contributed by atoms with van der Waals surface area (Å²) in [6.07, 6.45) is 4.00. The minimum Gasteiger partial charge on any atom is -0.489 e. The van der Waals surface area contributed by atoms with Crippen LogP contribution in [-0.4, -0.2) is 52.7 Å². The van der Waals surface area contributed by atoms with E-state index in [-0.39, 0.29) is 30.9 Å². The fraction of sp³-hybridized carbons (Fsp3) is 0.381. The number of carbonyl (C=O) groups is 2. The molecular weight excluding hydrogens is 360 g/mol. The van der Waals surface area contributed by atoms with Gasteiger partial charge in [0.2, 0.25) is 5.91 Å². The SMILES string of the molecule is COC1CC(CC(=O)O)N(C(=O)Cc2cccc(OCc3cccnc3)c2)C1. The smallest absolute Gasteiger partial charge is 0.305 e. The van der Waals surface area contributed by atoms with Crippen LogP contribution in [0.4, 0.5) is 0 Å². The lowest BCUT2D eigenvalue weighted by atomic mass is 10.1. The highest BCUT2D eigenvalue weighted by Gasteiger charge is 2.36. The van der Waals surface area contributed by atoms with E-state index in [9.17, 15) is 9.59 Å². The number of likely N-dealkylation sites (tertiary alicyclic amines) is 1. The first-order chi connectivity index (χ1) is 13.5. The first-order valence-corrected chi connectivity index (χ1v) is 9.20. The topological polar surface area (TPSA) is 89.0 Å². The Morgan fingerprint density at radius 3 is 2.79 bits per heavy atom. The van der Waals surface area contributed by atoms with Crippen molar-refractivity contribution in [1.29, 1.82) is 0 Å². The van der Waals surface area contributed by atoms with Gasteiger partial charge in [0.1, 0.15) is 12.4 Å². The van der Waals surface area contributed by atoms with Crippen molar-refractivity contribution in [1.82, 2.24) is 9.88 Å². The summed E-state index contributed by atoms with van der Waals surface area (Å²) in [7, 11) is 1.58. The maximum atomic E-state index is 12.8. The highest BCUT2D eigenvalue weighted by Crippen LogP contribution is 2.24. The second kappa shape index (κ2) is 9.32. The molecule has 0 saturated carbocycles. The summed E-state index contributed by atoms with van der Waals surface area (Å²) in [6.45, 7) is 0.818. The van der Waals surface area contributed by atoms with Gasteiger partial charge in [0.05, 0.1) is 18.9 Å². The number of ether oxygens (including phenoxy) is 2. The van der Waals surface area contributed by atoms with Gasteiger partial charge < -0.3 is 19.5 Å². The second-order valence-corrected chi connectivity index (χ2v) is 6.87. The molecule has 3 rings (SSSR count). The van der Waals surface area contributed by atoms with Crippen LogP contribution in [0.3, 0.4) is 0 Å². The van der Waals surface area contributed by atoms with Crippen molar-refractivity contribution in [2.75, 3.05) is 13.7 Å². The molecule has 28 heavy (non-hydrogen) atoms. The Balaban J connectivity index is 1.62. The average molecular weight is 384 g/mol. The van der Waals surface area contributed by atoms with Gasteiger partial charge in [0, 0.05) is 37.7 Å². The summed E-state index contributed by atoms with van der Waals surface area (Å²) in [4.78, 5) is 29.6. The number of carboxylic acids is 1. The van der Waals surface area contributed by atoms with Crippen LogP contribution in [0.25, 0.3) is 0 Å². The molecule has 1 aliphatic heterocycles. The zero-order chi connectivity index (χ0) is 19.9. The van der Waals surface area contributed by atoms with Crippen LogP contribution >= 0.6 is 0 Å². The molecule has 1 aromatic carbocycles. The van der Waals surface area contributed by atoms with Gasteiger partial charge in [-0.25, -0.2) is 0 Å². The van der Waals surface area contributed by atoms with Crippen molar-refractivity contribution < 1.29 is 24.2 Å². The van der Waals surface area contributed by atoms with Crippen molar-refractivity contribution >= 4 is 11.9 Å². The molecule has 1 aliphatic rings. The number of aromatic nitrogens is 1. The molecule has 7 nitrogen and oxygen atoms in total. The molecule has 2 heterocycles. The minimum atomic E-state index is -0.912. The number of rotatable bonds is 8. The monoisotopic (exact) mass is 384 g/mol. The van der Waals surface area contributed by atoms with E-state index in [0.29, 0.717) is 25.3 Å². The Bertz CT molecular complexity index is 811. The van der Waals surface area contributed by atoms with Gasteiger partial charge in [-0.15, -0.1) is 0 Å². The number of carboxylic acid groups (broad SMARTS) is 1. The number of nitrogens with zero attached hydrogens (tertiary/aromatic N) is 2. The lowest BCUT2D eigenvalue weighted by Gasteiger charge is -2.23. The van der Waals surface area contributed by atoms with Crippen LogP contribution in [0.2, 0.25) is 0 Å². The number of amides is 1. The predicted octanol–water partition coefficient (Wildman–Crippen LogP) is 2.29. The summed E-state index contributed by atoms with van der Waals surface area (Å²) in [5.41, 5.74) is 1.78. The molecule has 0 aliphatic carbocycles. The highest BCUT2D eigenvalue weighted by atomic mass is 16.5. The molecule has 1 fully saturated rings. The molecule has 7 heteroatoms. The van der Waals surface area contributed by atoms with E-state index in [0.717, 1.165) is 11.1 Å². The molecule has 2 atom stereocenters. The van der Waals surface area contributed by atoms with Gasteiger partial charge in [-0.2, -0.15) is 0 Å².